The average molecular weight is 226 g/mol. The minimum absolute atomic E-state index is 0.0880. The van der Waals surface area contributed by atoms with Gasteiger partial charge in [0.05, 0.1) is 5.75 Å². The van der Waals surface area contributed by atoms with Crippen molar-refractivity contribution in [3.05, 3.63) is 29.3 Å². The van der Waals surface area contributed by atoms with Crippen LogP contribution in [0.1, 0.15) is 31.9 Å². The molecule has 0 spiro atoms. The van der Waals surface area contributed by atoms with Crippen LogP contribution in [0, 0.1) is 0 Å². The summed E-state index contributed by atoms with van der Waals surface area (Å²) in [6.07, 6.45) is 1.64. The summed E-state index contributed by atoms with van der Waals surface area (Å²) < 4.78 is 11.1. The molecule has 0 amide bonds. The van der Waals surface area contributed by atoms with Crippen LogP contribution in [0.25, 0.3) is 0 Å². The van der Waals surface area contributed by atoms with Gasteiger partial charge in [0.15, 0.2) is 0 Å². The van der Waals surface area contributed by atoms with E-state index in [9.17, 15) is 9.32 Å². The minimum Gasteiger partial charge on any atom is -0.507 e. The van der Waals surface area contributed by atoms with E-state index in [1.807, 2.05) is 18.2 Å². The van der Waals surface area contributed by atoms with Crippen LogP contribution in [0.4, 0.5) is 0 Å². The van der Waals surface area contributed by atoms with Gasteiger partial charge in [-0.2, -0.15) is 0 Å². The number of phenolic OH excluding ortho intramolecular Hbond substituents is 1. The van der Waals surface area contributed by atoms with Crippen LogP contribution in [0.2, 0.25) is 0 Å². The van der Waals surface area contributed by atoms with Crippen molar-refractivity contribution in [3.8, 4) is 5.75 Å². The fourth-order valence-electron chi connectivity index (χ4n) is 1.53. The lowest BCUT2D eigenvalue weighted by Gasteiger charge is -2.21. The number of rotatable bonds is 2. The Balaban J connectivity index is 3.17. The molecular weight excluding hydrogens is 208 g/mol. The molecule has 0 heterocycles. The summed E-state index contributed by atoms with van der Waals surface area (Å²) in [5.41, 5.74) is 1.59. The third kappa shape index (κ3) is 3.06. The Labute approximate surface area is 93.8 Å². The van der Waals surface area contributed by atoms with Crippen molar-refractivity contribution in [1.82, 2.24) is 0 Å². The molecule has 84 valence electrons. The Bertz CT molecular complexity index is 378. The van der Waals surface area contributed by atoms with Gasteiger partial charge in [-0.25, -0.2) is 0 Å². The molecule has 2 nitrogen and oxygen atoms in total. The number of hydrogen-bond donors (Lipinski definition) is 1. The van der Waals surface area contributed by atoms with Crippen molar-refractivity contribution in [2.45, 2.75) is 31.9 Å². The van der Waals surface area contributed by atoms with Gasteiger partial charge >= 0.3 is 0 Å². The SMILES string of the molecule is CS(=O)Cc1cccc(C(C)(C)C)c1O. The molecular formula is C12H18O2S. The lowest BCUT2D eigenvalue weighted by Crippen LogP contribution is -2.12. The molecule has 1 N–H and O–H groups in total. The van der Waals surface area contributed by atoms with Gasteiger partial charge in [0.25, 0.3) is 0 Å². The molecule has 0 saturated carbocycles. The topological polar surface area (TPSA) is 37.3 Å². The first-order chi connectivity index (χ1) is 6.82. The van der Waals surface area contributed by atoms with Crippen LogP contribution >= 0.6 is 0 Å². The molecule has 0 aliphatic rings. The first-order valence-electron chi connectivity index (χ1n) is 4.93. The summed E-state index contributed by atoms with van der Waals surface area (Å²) in [6, 6.07) is 5.64. The van der Waals surface area contributed by atoms with E-state index in [4.69, 9.17) is 0 Å². The normalized spacial score (nSPS) is 13.9. The molecule has 0 saturated heterocycles. The van der Waals surface area contributed by atoms with Crippen molar-refractivity contribution in [3.63, 3.8) is 0 Å². The van der Waals surface area contributed by atoms with Gasteiger partial charge in [-0.15, -0.1) is 0 Å². The van der Waals surface area contributed by atoms with Crippen molar-refractivity contribution in [2.75, 3.05) is 6.26 Å². The van der Waals surface area contributed by atoms with Crippen LogP contribution < -0.4 is 0 Å². The Morgan fingerprint density at radius 2 is 1.93 bits per heavy atom. The van der Waals surface area contributed by atoms with Gasteiger partial charge in [0, 0.05) is 22.6 Å². The van der Waals surface area contributed by atoms with Crippen molar-refractivity contribution in [1.29, 1.82) is 0 Å². The van der Waals surface area contributed by atoms with E-state index in [-0.39, 0.29) is 5.41 Å². The molecule has 1 unspecified atom stereocenters. The molecule has 1 aromatic rings. The average Bonchev–Trinajstić information content (AvgIpc) is 2.05. The summed E-state index contributed by atoms with van der Waals surface area (Å²) >= 11 is 0. The lowest BCUT2D eigenvalue weighted by atomic mass is 9.85. The van der Waals surface area contributed by atoms with E-state index in [1.165, 1.54) is 0 Å². The number of hydrogen-bond acceptors (Lipinski definition) is 2. The van der Waals surface area contributed by atoms with Gasteiger partial charge in [0.1, 0.15) is 5.75 Å². The summed E-state index contributed by atoms with van der Waals surface area (Å²) in [5, 5.41) is 10.0. The molecule has 0 aromatic heterocycles. The maximum absolute atomic E-state index is 11.1. The van der Waals surface area contributed by atoms with Crippen LogP contribution in [-0.4, -0.2) is 15.6 Å². The standard InChI is InChI=1S/C12H18O2S/c1-12(2,3)10-7-5-6-9(11(10)13)8-15(4)14/h5-7,13H,8H2,1-4H3. The van der Waals surface area contributed by atoms with Crippen molar-refractivity contribution in [2.24, 2.45) is 0 Å². The van der Waals surface area contributed by atoms with E-state index in [2.05, 4.69) is 20.8 Å². The Morgan fingerprint density at radius 1 is 1.33 bits per heavy atom. The number of aromatic hydroxyl groups is 1. The van der Waals surface area contributed by atoms with Gasteiger partial charge in [0.2, 0.25) is 0 Å². The van der Waals surface area contributed by atoms with E-state index >= 15 is 0 Å². The first kappa shape index (κ1) is 12.2. The van der Waals surface area contributed by atoms with Crippen molar-refractivity contribution < 1.29 is 9.32 Å². The van der Waals surface area contributed by atoms with E-state index in [0.717, 1.165) is 11.1 Å². The van der Waals surface area contributed by atoms with Crippen LogP contribution in [0.5, 0.6) is 5.75 Å². The third-order valence-corrected chi connectivity index (χ3v) is 3.00. The Kier molecular flexibility index (Phi) is 3.55. The van der Waals surface area contributed by atoms with E-state index in [0.29, 0.717) is 11.5 Å². The number of benzene rings is 1. The second-order valence-corrected chi connectivity index (χ2v) is 6.22. The molecule has 1 aromatic carbocycles. The maximum Gasteiger partial charge on any atom is 0.123 e. The minimum atomic E-state index is -0.922. The first-order valence-corrected chi connectivity index (χ1v) is 6.66. The van der Waals surface area contributed by atoms with E-state index < -0.39 is 10.8 Å². The maximum atomic E-state index is 11.1. The molecule has 0 bridgehead atoms. The Hall–Kier alpha value is -0.830. The monoisotopic (exact) mass is 226 g/mol. The van der Waals surface area contributed by atoms with Crippen LogP contribution in [-0.2, 0) is 22.0 Å². The van der Waals surface area contributed by atoms with Gasteiger partial charge in [-0.1, -0.05) is 39.0 Å². The quantitative estimate of drug-likeness (QED) is 0.841. The molecule has 1 atom stereocenters. The summed E-state index contributed by atoms with van der Waals surface area (Å²) in [6.45, 7) is 6.15. The number of phenols is 1. The zero-order valence-electron chi connectivity index (χ0n) is 9.70. The molecule has 0 aliphatic carbocycles. The molecule has 0 aliphatic heterocycles. The second kappa shape index (κ2) is 4.35. The highest BCUT2D eigenvalue weighted by Gasteiger charge is 2.19. The zero-order valence-corrected chi connectivity index (χ0v) is 10.5. The van der Waals surface area contributed by atoms with Gasteiger partial charge in [-0.05, 0) is 11.0 Å². The molecule has 1 rings (SSSR count). The highest BCUT2D eigenvalue weighted by molar-refractivity contribution is 7.83. The van der Waals surface area contributed by atoms with E-state index in [1.54, 1.807) is 6.26 Å². The third-order valence-electron chi connectivity index (χ3n) is 2.29. The fourth-order valence-corrected chi connectivity index (χ4v) is 2.20. The smallest absolute Gasteiger partial charge is 0.123 e. The fraction of sp³-hybridized carbons (Fsp3) is 0.500. The summed E-state index contributed by atoms with van der Waals surface area (Å²) in [4.78, 5) is 0. The summed E-state index contributed by atoms with van der Waals surface area (Å²) in [7, 11) is -0.922. The highest BCUT2D eigenvalue weighted by Crippen LogP contribution is 2.33. The largest absolute Gasteiger partial charge is 0.507 e. The highest BCUT2D eigenvalue weighted by atomic mass is 32.2. The predicted octanol–water partition coefficient (Wildman–Crippen LogP) is 2.57. The Morgan fingerprint density at radius 3 is 2.40 bits per heavy atom. The predicted molar refractivity (Wildman–Crippen MR) is 64.6 cm³/mol. The summed E-state index contributed by atoms with van der Waals surface area (Å²) in [5.74, 6) is 0.704. The zero-order chi connectivity index (χ0) is 11.6. The second-order valence-electron chi connectivity index (χ2n) is 4.78. The van der Waals surface area contributed by atoms with Gasteiger partial charge in [-0.3, -0.25) is 4.21 Å². The number of para-hydroxylation sites is 1. The molecule has 0 radical (unpaired) electrons. The molecule has 15 heavy (non-hydrogen) atoms. The van der Waals surface area contributed by atoms with Crippen LogP contribution in [0.3, 0.4) is 0 Å². The van der Waals surface area contributed by atoms with Gasteiger partial charge < -0.3 is 5.11 Å². The van der Waals surface area contributed by atoms with Crippen LogP contribution in [0.15, 0.2) is 18.2 Å². The molecule has 3 heteroatoms. The molecule has 0 fully saturated rings. The van der Waals surface area contributed by atoms with Crippen molar-refractivity contribution >= 4 is 10.8 Å². The lowest BCUT2D eigenvalue weighted by molar-refractivity contribution is 0.442.